The van der Waals surface area contributed by atoms with Gasteiger partial charge in [-0.3, -0.25) is 4.79 Å². The highest BCUT2D eigenvalue weighted by Gasteiger charge is 2.13. The average Bonchev–Trinajstić information content (AvgIpc) is 2.48. The molecule has 0 radical (unpaired) electrons. The summed E-state index contributed by atoms with van der Waals surface area (Å²) in [4.78, 5) is 12.9. The second kappa shape index (κ2) is 7.27. The minimum atomic E-state index is -0.268. The van der Waals surface area contributed by atoms with Crippen LogP contribution in [-0.2, 0) is 11.3 Å². The van der Waals surface area contributed by atoms with Gasteiger partial charge in [0.1, 0.15) is 5.82 Å². The monoisotopic (exact) mass is 303 g/mol. The van der Waals surface area contributed by atoms with Gasteiger partial charge >= 0.3 is 0 Å². The van der Waals surface area contributed by atoms with E-state index in [9.17, 15) is 9.18 Å². The molecule has 2 nitrogen and oxygen atoms in total. The lowest BCUT2D eigenvalue weighted by Crippen LogP contribution is -2.30. The first-order chi connectivity index (χ1) is 10.0. The molecular weight excluding hydrogens is 285 g/mol. The first-order valence-electron chi connectivity index (χ1n) is 6.80. The van der Waals surface area contributed by atoms with Crippen LogP contribution in [0.5, 0.6) is 0 Å². The second-order valence-corrected chi connectivity index (χ2v) is 6.33. The van der Waals surface area contributed by atoms with Crippen molar-refractivity contribution >= 4 is 17.7 Å². The number of nitrogens with one attached hydrogen (secondary N) is 1. The quantitative estimate of drug-likeness (QED) is 0.848. The zero-order valence-corrected chi connectivity index (χ0v) is 12.9. The van der Waals surface area contributed by atoms with Gasteiger partial charge < -0.3 is 5.32 Å². The number of rotatable bonds is 5. The van der Waals surface area contributed by atoms with Crippen LogP contribution in [0.1, 0.15) is 18.1 Å². The highest BCUT2D eigenvalue weighted by atomic mass is 32.2. The Kier molecular flexibility index (Phi) is 5.39. The molecule has 0 aliphatic heterocycles. The number of amides is 1. The van der Waals surface area contributed by atoms with Crippen LogP contribution in [0.2, 0.25) is 0 Å². The molecule has 1 atom stereocenters. The van der Waals surface area contributed by atoms with Gasteiger partial charge in [0.05, 0.1) is 5.25 Å². The van der Waals surface area contributed by atoms with Gasteiger partial charge in [-0.05, 0) is 43.7 Å². The number of carbonyl (C=O) groups is 1. The fourth-order valence-electron chi connectivity index (χ4n) is 1.81. The summed E-state index contributed by atoms with van der Waals surface area (Å²) in [6.45, 7) is 4.40. The van der Waals surface area contributed by atoms with E-state index in [0.29, 0.717) is 6.54 Å². The van der Waals surface area contributed by atoms with Crippen LogP contribution in [0.25, 0.3) is 0 Å². The topological polar surface area (TPSA) is 29.1 Å². The molecule has 110 valence electrons. The molecule has 1 N–H and O–H groups in total. The third kappa shape index (κ3) is 4.90. The van der Waals surface area contributed by atoms with Crippen molar-refractivity contribution in [3.05, 3.63) is 65.5 Å². The number of aryl methyl sites for hydroxylation is 1. The van der Waals surface area contributed by atoms with Crippen molar-refractivity contribution in [3.63, 3.8) is 0 Å². The van der Waals surface area contributed by atoms with E-state index < -0.39 is 0 Å². The predicted octanol–water partition coefficient (Wildman–Crippen LogP) is 3.93. The van der Waals surface area contributed by atoms with E-state index in [1.165, 1.54) is 29.5 Å². The summed E-state index contributed by atoms with van der Waals surface area (Å²) < 4.78 is 12.8. The molecule has 0 bridgehead atoms. The lowest BCUT2D eigenvalue weighted by atomic mass is 10.1. The summed E-state index contributed by atoms with van der Waals surface area (Å²) in [5.41, 5.74) is 2.28. The third-order valence-electron chi connectivity index (χ3n) is 3.08. The van der Waals surface area contributed by atoms with Gasteiger partial charge in [-0.15, -0.1) is 11.8 Å². The molecule has 0 saturated heterocycles. The molecule has 2 rings (SSSR count). The van der Waals surface area contributed by atoms with Crippen molar-refractivity contribution in [1.29, 1.82) is 0 Å². The number of benzene rings is 2. The lowest BCUT2D eigenvalue weighted by Gasteiger charge is -2.12. The number of hydrogen-bond donors (Lipinski definition) is 1. The molecule has 1 unspecified atom stereocenters. The number of hydrogen-bond acceptors (Lipinski definition) is 2. The molecule has 21 heavy (non-hydrogen) atoms. The van der Waals surface area contributed by atoms with E-state index in [-0.39, 0.29) is 17.0 Å². The summed E-state index contributed by atoms with van der Waals surface area (Å²) in [5, 5.41) is 2.69. The summed E-state index contributed by atoms with van der Waals surface area (Å²) in [5.74, 6) is -0.291. The van der Waals surface area contributed by atoms with Crippen molar-refractivity contribution in [1.82, 2.24) is 5.32 Å². The maximum absolute atomic E-state index is 12.8. The van der Waals surface area contributed by atoms with Crippen LogP contribution in [0.15, 0.2) is 53.4 Å². The number of thioether (sulfide) groups is 1. The maximum Gasteiger partial charge on any atom is 0.233 e. The zero-order valence-electron chi connectivity index (χ0n) is 12.1. The molecule has 0 aliphatic rings. The molecule has 0 aliphatic carbocycles. The zero-order chi connectivity index (χ0) is 15.2. The Hall–Kier alpha value is -1.81. The Morgan fingerprint density at radius 1 is 1.14 bits per heavy atom. The van der Waals surface area contributed by atoms with Crippen molar-refractivity contribution in [2.75, 3.05) is 0 Å². The third-order valence-corrected chi connectivity index (χ3v) is 4.20. The Bertz CT molecular complexity index is 595. The molecule has 0 heterocycles. The Morgan fingerprint density at radius 2 is 1.76 bits per heavy atom. The molecular formula is C17H18FNOS. The van der Waals surface area contributed by atoms with Gasteiger partial charge in [0.2, 0.25) is 5.91 Å². The first-order valence-corrected chi connectivity index (χ1v) is 7.68. The summed E-state index contributed by atoms with van der Waals surface area (Å²) >= 11 is 1.42. The molecule has 0 aromatic heterocycles. The second-order valence-electron chi connectivity index (χ2n) is 4.92. The van der Waals surface area contributed by atoms with Crippen LogP contribution in [0, 0.1) is 12.7 Å². The van der Waals surface area contributed by atoms with Crippen LogP contribution >= 0.6 is 11.8 Å². The maximum atomic E-state index is 12.8. The molecule has 2 aromatic carbocycles. The Balaban J connectivity index is 1.84. The van der Waals surface area contributed by atoms with E-state index in [1.807, 2.05) is 38.1 Å². The van der Waals surface area contributed by atoms with Crippen molar-refractivity contribution in [3.8, 4) is 0 Å². The van der Waals surface area contributed by atoms with E-state index in [1.54, 1.807) is 12.1 Å². The highest BCUT2D eigenvalue weighted by Crippen LogP contribution is 2.23. The van der Waals surface area contributed by atoms with Crippen molar-refractivity contribution in [2.45, 2.75) is 30.5 Å². The molecule has 0 saturated carbocycles. The van der Waals surface area contributed by atoms with E-state index in [2.05, 4.69) is 5.32 Å². The Labute approximate surface area is 128 Å². The van der Waals surface area contributed by atoms with Gasteiger partial charge in [0.25, 0.3) is 0 Å². The molecule has 0 spiro atoms. The smallest absolute Gasteiger partial charge is 0.233 e. The fourth-order valence-corrected chi connectivity index (χ4v) is 2.70. The normalized spacial score (nSPS) is 12.0. The summed E-state index contributed by atoms with van der Waals surface area (Å²) in [6, 6.07) is 14.2. The molecule has 1 amide bonds. The predicted molar refractivity (Wildman–Crippen MR) is 84.7 cm³/mol. The molecule has 2 aromatic rings. The number of carbonyl (C=O) groups excluding carboxylic acids is 1. The van der Waals surface area contributed by atoms with Crippen LogP contribution in [0.3, 0.4) is 0 Å². The van der Waals surface area contributed by atoms with Crippen LogP contribution in [-0.4, -0.2) is 11.2 Å². The van der Waals surface area contributed by atoms with Crippen molar-refractivity contribution in [2.24, 2.45) is 0 Å². The van der Waals surface area contributed by atoms with Gasteiger partial charge in [0, 0.05) is 11.4 Å². The lowest BCUT2D eigenvalue weighted by molar-refractivity contribution is -0.120. The summed E-state index contributed by atoms with van der Waals surface area (Å²) in [6.07, 6.45) is 0. The standard InChI is InChI=1S/C17H18FNOS/c1-12-3-5-14(6-4-12)11-19-17(20)13(2)21-16-9-7-15(18)8-10-16/h3-10,13H,11H2,1-2H3,(H,19,20). The van der Waals surface area contributed by atoms with Gasteiger partial charge in [0.15, 0.2) is 0 Å². The first kappa shape index (κ1) is 15.6. The largest absolute Gasteiger partial charge is 0.351 e. The fraction of sp³-hybridized carbons (Fsp3) is 0.235. The van der Waals surface area contributed by atoms with Gasteiger partial charge in [-0.2, -0.15) is 0 Å². The average molecular weight is 303 g/mol. The minimum Gasteiger partial charge on any atom is -0.351 e. The summed E-state index contributed by atoms with van der Waals surface area (Å²) in [7, 11) is 0. The Morgan fingerprint density at radius 3 is 2.38 bits per heavy atom. The van der Waals surface area contributed by atoms with E-state index in [4.69, 9.17) is 0 Å². The molecule has 0 fully saturated rings. The van der Waals surface area contributed by atoms with Crippen LogP contribution in [0.4, 0.5) is 4.39 Å². The van der Waals surface area contributed by atoms with Gasteiger partial charge in [-0.25, -0.2) is 4.39 Å². The van der Waals surface area contributed by atoms with E-state index >= 15 is 0 Å². The minimum absolute atomic E-state index is 0.0232. The van der Waals surface area contributed by atoms with E-state index in [0.717, 1.165) is 10.5 Å². The highest BCUT2D eigenvalue weighted by molar-refractivity contribution is 8.00. The van der Waals surface area contributed by atoms with Crippen molar-refractivity contribution < 1.29 is 9.18 Å². The SMILES string of the molecule is Cc1ccc(CNC(=O)C(C)Sc2ccc(F)cc2)cc1. The van der Waals surface area contributed by atoms with Crippen LogP contribution < -0.4 is 5.32 Å². The number of halogens is 1. The molecule has 4 heteroatoms. The van der Waals surface area contributed by atoms with Gasteiger partial charge in [-0.1, -0.05) is 29.8 Å².